The predicted octanol–water partition coefficient (Wildman–Crippen LogP) is -1.45. The molecule has 0 aliphatic rings. The van der Waals surface area contributed by atoms with Crippen LogP contribution in [0.5, 0.6) is 0 Å². The summed E-state index contributed by atoms with van der Waals surface area (Å²) in [6, 6.07) is 9.69. The summed E-state index contributed by atoms with van der Waals surface area (Å²) in [6.07, 6.45) is 0. The normalized spacial score (nSPS) is 6.80. The molecule has 0 aliphatic carbocycles. The van der Waals surface area contributed by atoms with Crippen LogP contribution in [0.1, 0.15) is 5.56 Å². The van der Waals surface area contributed by atoms with Crippen molar-refractivity contribution in [2.24, 2.45) is 0 Å². The van der Waals surface area contributed by atoms with Gasteiger partial charge in [-0.15, -0.1) is 0 Å². The molecule has 2 heteroatoms. The van der Waals surface area contributed by atoms with E-state index in [1.165, 1.54) is 0 Å². The van der Waals surface area contributed by atoms with Gasteiger partial charge >= 0.3 is 18.9 Å². The summed E-state index contributed by atoms with van der Waals surface area (Å²) in [5, 5.41) is 2.42. The van der Waals surface area contributed by atoms with Crippen LogP contribution in [0.25, 0.3) is 0 Å². The molecule has 0 atom stereocenters. The van der Waals surface area contributed by atoms with E-state index in [0.29, 0.717) is 0 Å². The van der Waals surface area contributed by atoms with Crippen LogP contribution in [0.2, 0.25) is 0 Å². The number of rotatable bonds is 0. The third-order valence-corrected chi connectivity index (χ3v) is 1.07. The van der Waals surface area contributed by atoms with E-state index in [-0.39, 0.29) is 18.9 Å². The van der Waals surface area contributed by atoms with Crippen molar-refractivity contribution >= 4 is 12.6 Å². The fourth-order valence-corrected chi connectivity index (χ4v) is 0.698. The molecule has 0 amide bonds. The van der Waals surface area contributed by atoms with E-state index in [2.05, 4.69) is 23.8 Å². The van der Waals surface area contributed by atoms with E-state index >= 15 is 0 Å². The summed E-state index contributed by atoms with van der Waals surface area (Å²) >= 11 is 4.47. The van der Waals surface area contributed by atoms with Crippen LogP contribution in [0.4, 0.5) is 0 Å². The fourth-order valence-electron chi connectivity index (χ4n) is 0.580. The monoisotopic (exact) mass is 140 g/mol. The molecule has 0 saturated carbocycles. The SMILES string of the molecule is [Li+].[S-]C#Cc1ccccc1. The molecular formula is C8H5LiS. The summed E-state index contributed by atoms with van der Waals surface area (Å²) in [6.45, 7) is 0. The fraction of sp³-hybridized carbons (Fsp3) is 0. The molecule has 0 heterocycles. The van der Waals surface area contributed by atoms with Gasteiger partial charge in [0, 0.05) is 5.56 Å². The Morgan fingerprint density at radius 3 is 2.20 bits per heavy atom. The van der Waals surface area contributed by atoms with Gasteiger partial charge in [-0.25, -0.2) is 5.25 Å². The van der Waals surface area contributed by atoms with Gasteiger partial charge in [0.05, 0.1) is 0 Å². The van der Waals surface area contributed by atoms with Gasteiger partial charge in [-0.05, 0) is 12.1 Å². The van der Waals surface area contributed by atoms with Gasteiger partial charge in [0.2, 0.25) is 0 Å². The average Bonchev–Trinajstić information content (AvgIpc) is 1.91. The summed E-state index contributed by atoms with van der Waals surface area (Å²) < 4.78 is 0. The van der Waals surface area contributed by atoms with Gasteiger partial charge in [-0.3, -0.25) is 0 Å². The van der Waals surface area contributed by atoms with Crippen LogP contribution in [-0.4, -0.2) is 0 Å². The van der Waals surface area contributed by atoms with E-state index in [1.807, 2.05) is 30.3 Å². The Labute approximate surface area is 78.6 Å². The molecule has 0 bridgehead atoms. The van der Waals surface area contributed by atoms with Crippen molar-refractivity contribution in [2.45, 2.75) is 0 Å². The van der Waals surface area contributed by atoms with Crippen LogP contribution in [0.3, 0.4) is 0 Å². The third-order valence-electron chi connectivity index (χ3n) is 0.969. The van der Waals surface area contributed by atoms with Crippen LogP contribution in [0.15, 0.2) is 30.3 Å². The van der Waals surface area contributed by atoms with Gasteiger partial charge in [0.1, 0.15) is 0 Å². The van der Waals surface area contributed by atoms with Crippen molar-refractivity contribution in [1.29, 1.82) is 0 Å². The second kappa shape index (κ2) is 5.39. The van der Waals surface area contributed by atoms with Crippen molar-refractivity contribution < 1.29 is 18.9 Å². The first-order valence-electron chi connectivity index (χ1n) is 2.61. The topological polar surface area (TPSA) is 0 Å². The smallest absolute Gasteiger partial charge is 0.724 e. The second-order valence-electron chi connectivity index (χ2n) is 1.59. The molecule has 0 aromatic heterocycles. The third kappa shape index (κ3) is 2.94. The molecule has 0 unspecified atom stereocenters. The maximum atomic E-state index is 4.47. The molecule has 0 saturated heterocycles. The van der Waals surface area contributed by atoms with Crippen molar-refractivity contribution in [3.8, 4) is 11.2 Å². The molecule has 1 rings (SSSR count). The van der Waals surface area contributed by atoms with E-state index in [4.69, 9.17) is 0 Å². The summed E-state index contributed by atoms with van der Waals surface area (Å²) in [4.78, 5) is 0. The van der Waals surface area contributed by atoms with E-state index in [9.17, 15) is 0 Å². The number of hydrogen-bond donors (Lipinski definition) is 0. The molecule has 44 valence electrons. The Morgan fingerprint density at radius 2 is 1.70 bits per heavy atom. The Balaban J connectivity index is 0.000000810. The first kappa shape index (κ1) is 9.60. The Morgan fingerprint density at radius 1 is 1.10 bits per heavy atom. The second-order valence-corrected chi connectivity index (χ2v) is 1.80. The number of benzene rings is 1. The van der Waals surface area contributed by atoms with Gasteiger partial charge in [0.15, 0.2) is 0 Å². The summed E-state index contributed by atoms with van der Waals surface area (Å²) in [5.74, 6) is 2.77. The van der Waals surface area contributed by atoms with Gasteiger partial charge in [-0.2, -0.15) is 0 Å². The van der Waals surface area contributed by atoms with Crippen LogP contribution in [0, 0.1) is 11.2 Å². The molecule has 0 fully saturated rings. The minimum Gasteiger partial charge on any atom is -0.724 e. The zero-order valence-corrected chi connectivity index (χ0v) is 6.61. The first-order chi connectivity index (χ1) is 4.43. The van der Waals surface area contributed by atoms with Gasteiger partial charge in [0.25, 0.3) is 0 Å². The molecule has 10 heavy (non-hydrogen) atoms. The van der Waals surface area contributed by atoms with Crippen LogP contribution in [-0.2, 0) is 12.6 Å². The molecule has 0 radical (unpaired) electrons. The molecule has 1 aromatic rings. The quantitative estimate of drug-likeness (QED) is 0.241. The molecule has 1 aromatic carbocycles. The molecule has 0 N–H and O–H groups in total. The number of hydrogen-bond acceptors (Lipinski definition) is 1. The van der Waals surface area contributed by atoms with Gasteiger partial charge in [-0.1, -0.05) is 24.1 Å². The minimum absolute atomic E-state index is 0. The van der Waals surface area contributed by atoms with Crippen molar-refractivity contribution in [1.82, 2.24) is 0 Å². The van der Waals surface area contributed by atoms with Crippen LogP contribution < -0.4 is 18.9 Å². The Kier molecular flexibility index (Phi) is 5.17. The zero-order valence-electron chi connectivity index (χ0n) is 5.79. The first-order valence-corrected chi connectivity index (χ1v) is 3.02. The molecule has 0 aliphatic heterocycles. The van der Waals surface area contributed by atoms with E-state index in [1.54, 1.807) is 0 Å². The van der Waals surface area contributed by atoms with Gasteiger partial charge < -0.3 is 12.6 Å². The predicted molar refractivity (Wildman–Crippen MR) is 40.7 cm³/mol. The van der Waals surface area contributed by atoms with E-state index < -0.39 is 0 Å². The van der Waals surface area contributed by atoms with Crippen molar-refractivity contribution in [2.75, 3.05) is 0 Å². The summed E-state index contributed by atoms with van der Waals surface area (Å²) in [5.41, 5.74) is 0.979. The average molecular weight is 140 g/mol. The Bertz CT molecular complexity index is 232. The largest absolute Gasteiger partial charge is 1.00 e. The van der Waals surface area contributed by atoms with Crippen molar-refractivity contribution in [3.05, 3.63) is 35.9 Å². The maximum absolute atomic E-state index is 4.47. The van der Waals surface area contributed by atoms with E-state index in [0.717, 1.165) is 5.56 Å². The standard InChI is InChI=1S/C8H6S.Li/c9-7-6-8-4-2-1-3-5-8;/h1-5,9H;/q;+1/p-1. The zero-order chi connectivity index (χ0) is 6.53. The maximum Gasteiger partial charge on any atom is 1.00 e. The minimum atomic E-state index is 0. The molecule has 0 spiro atoms. The Hall–Kier alpha value is -0.403. The van der Waals surface area contributed by atoms with Crippen molar-refractivity contribution in [3.63, 3.8) is 0 Å². The van der Waals surface area contributed by atoms with Crippen LogP contribution >= 0.6 is 0 Å². The molecule has 0 nitrogen and oxygen atoms in total. The summed E-state index contributed by atoms with van der Waals surface area (Å²) in [7, 11) is 0. The molecular weight excluding hydrogens is 135 g/mol.